The van der Waals surface area contributed by atoms with E-state index in [1.165, 1.54) is 4.90 Å². The van der Waals surface area contributed by atoms with Crippen LogP contribution in [0.4, 0.5) is 8.78 Å². The Balaban J connectivity index is 1.91. The maximum atomic E-state index is 13.0. The Morgan fingerprint density at radius 1 is 1.22 bits per heavy atom. The van der Waals surface area contributed by atoms with Gasteiger partial charge in [0.15, 0.2) is 0 Å². The van der Waals surface area contributed by atoms with Gasteiger partial charge in [-0.05, 0) is 17.7 Å². The molecule has 0 atom stereocenters. The second kappa shape index (κ2) is 5.34. The largest absolute Gasteiger partial charge is 0.342 e. The van der Waals surface area contributed by atoms with Crippen LogP contribution in [0.2, 0.25) is 0 Å². The first-order valence-corrected chi connectivity index (χ1v) is 6.66. The first-order valence-electron chi connectivity index (χ1n) is 5.86. The number of benzene rings is 1. The van der Waals surface area contributed by atoms with E-state index in [9.17, 15) is 13.6 Å². The number of nitrogens with zero attached hydrogens (tertiary/aromatic N) is 1. The molecule has 1 aromatic rings. The summed E-state index contributed by atoms with van der Waals surface area (Å²) < 4.78 is 26.9. The summed E-state index contributed by atoms with van der Waals surface area (Å²) in [4.78, 5) is 13.5. The zero-order valence-corrected chi connectivity index (χ0v) is 11.4. The van der Waals surface area contributed by atoms with E-state index >= 15 is 0 Å². The number of hydrogen-bond acceptors (Lipinski definition) is 1. The van der Waals surface area contributed by atoms with Crippen molar-refractivity contribution in [1.29, 1.82) is 0 Å². The summed E-state index contributed by atoms with van der Waals surface area (Å²) in [6, 6.07) is 7.46. The first-order chi connectivity index (χ1) is 8.46. The number of carbonyl (C=O) groups is 1. The van der Waals surface area contributed by atoms with Crippen LogP contribution >= 0.6 is 15.9 Å². The molecule has 98 valence electrons. The van der Waals surface area contributed by atoms with Gasteiger partial charge in [-0.15, -0.1) is 0 Å². The van der Waals surface area contributed by atoms with Gasteiger partial charge in [0.05, 0.1) is 6.42 Å². The predicted molar refractivity (Wildman–Crippen MR) is 68.6 cm³/mol. The highest BCUT2D eigenvalue weighted by Gasteiger charge is 2.35. The molecule has 2 nitrogen and oxygen atoms in total. The number of hydrogen-bond donors (Lipinski definition) is 0. The van der Waals surface area contributed by atoms with Crippen LogP contribution in [0.5, 0.6) is 0 Å². The minimum Gasteiger partial charge on any atom is -0.342 e. The molecule has 1 aromatic carbocycles. The second-order valence-corrected chi connectivity index (χ2v) is 5.46. The van der Waals surface area contributed by atoms with Gasteiger partial charge in [0, 0.05) is 30.4 Å². The van der Waals surface area contributed by atoms with Gasteiger partial charge >= 0.3 is 0 Å². The van der Waals surface area contributed by atoms with Crippen LogP contribution in [0.3, 0.4) is 0 Å². The van der Waals surface area contributed by atoms with Crippen LogP contribution < -0.4 is 0 Å². The first kappa shape index (κ1) is 13.5. The zero-order valence-electron chi connectivity index (χ0n) is 9.83. The van der Waals surface area contributed by atoms with E-state index in [0.717, 1.165) is 10.0 Å². The molecule has 0 N–H and O–H groups in total. The van der Waals surface area contributed by atoms with E-state index in [1.807, 2.05) is 24.3 Å². The fourth-order valence-corrected chi connectivity index (χ4v) is 2.24. The standard InChI is InChI=1S/C13H14BrF2NO/c14-11-3-1-10(2-4-11)9-12(18)17-7-5-13(15,16)6-8-17/h1-4H,5-9H2. The van der Waals surface area contributed by atoms with Gasteiger partial charge < -0.3 is 4.90 Å². The topological polar surface area (TPSA) is 20.3 Å². The molecule has 1 heterocycles. The summed E-state index contributed by atoms with van der Waals surface area (Å²) in [5.41, 5.74) is 0.903. The van der Waals surface area contributed by atoms with Gasteiger partial charge in [-0.25, -0.2) is 8.78 Å². The van der Waals surface area contributed by atoms with Crippen LogP contribution in [0.15, 0.2) is 28.7 Å². The molecule has 0 bridgehead atoms. The van der Waals surface area contributed by atoms with E-state index in [1.54, 1.807) is 0 Å². The minimum atomic E-state index is -2.60. The molecule has 5 heteroatoms. The van der Waals surface area contributed by atoms with Crippen LogP contribution in [0.1, 0.15) is 18.4 Å². The van der Waals surface area contributed by atoms with E-state index in [4.69, 9.17) is 0 Å². The van der Waals surface area contributed by atoms with Crippen LogP contribution in [-0.2, 0) is 11.2 Å². The van der Waals surface area contributed by atoms with E-state index in [-0.39, 0.29) is 38.3 Å². The number of piperidine rings is 1. The fraction of sp³-hybridized carbons (Fsp3) is 0.462. The maximum absolute atomic E-state index is 13.0. The molecule has 2 rings (SSSR count). The molecule has 1 fully saturated rings. The number of likely N-dealkylation sites (tertiary alicyclic amines) is 1. The molecule has 0 aromatic heterocycles. The maximum Gasteiger partial charge on any atom is 0.251 e. The molecule has 0 unspecified atom stereocenters. The van der Waals surface area contributed by atoms with Crippen molar-refractivity contribution in [3.05, 3.63) is 34.3 Å². The molecule has 1 saturated heterocycles. The molecular formula is C13H14BrF2NO. The molecule has 0 aliphatic carbocycles. The van der Waals surface area contributed by atoms with E-state index in [2.05, 4.69) is 15.9 Å². The summed E-state index contributed by atoms with van der Waals surface area (Å²) in [6.07, 6.45) is -0.170. The number of halogens is 3. The van der Waals surface area contributed by atoms with Crippen molar-refractivity contribution in [1.82, 2.24) is 4.90 Å². The number of rotatable bonds is 2. The smallest absolute Gasteiger partial charge is 0.251 e. The molecular weight excluding hydrogens is 304 g/mol. The lowest BCUT2D eigenvalue weighted by atomic mass is 10.1. The lowest BCUT2D eigenvalue weighted by Gasteiger charge is -2.31. The summed E-state index contributed by atoms with van der Waals surface area (Å²) in [5, 5.41) is 0. The Bertz CT molecular complexity index is 423. The van der Waals surface area contributed by atoms with Crippen molar-refractivity contribution in [2.45, 2.75) is 25.2 Å². The normalized spacial score (nSPS) is 18.7. The lowest BCUT2D eigenvalue weighted by molar-refractivity contribution is -0.136. The quantitative estimate of drug-likeness (QED) is 0.820. The predicted octanol–water partition coefficient (Wildman–Crippen LogP) is 3.25. The Kier molecular flexibility index (Phi) is 4.00. The molecule has 0 radical (unpaired) electrons. The third-order valence-electron chi connectivity index (χ3n) is 3.12. The van der Waals surface area contributed by atoms with Crippen molar-refractivity contribution >= 4 is 21.8 Å². The highest BCUT2D eigenvalue weighted by molar-refractivity contribution is 9.10. The second-order valence-electron chi connectivity index (χ2n) is 4.54. The van der Waals surface area contributed by atoms with Crippen LogP contribution in [-0.4, -0.2) is 29.8 Å². The van der Waals surface area contributed by atoms with E-state index in [0.29, 0.717) is 0 Å². The molecule has 0 saturated carbocycles. The van der Waals surface area contributed by atoms with Gasteiger partial charge in [-0.2, -0.15) is 0 Å². The number of amides is 1. The number of carbonyl (C=O) groups excluding carboxylic acids is 1. The molecule has 18 heavy (non-hydrogen) atoms. The zero-order chi connectivity index (χ0) is 13.2. The monoisotopic (exact) mass is 317 g/mol. The van der Waals surface area contributed by atoms with Crippen molar-refractivity contribution in [2.24, 2.45) is 0 Å². The Hall–Kier alpha value is -0.970. The van der Waals surface area contributed by atoms with Crippen molar-refractivity contribution in [3.8, 4) is 0 Å². The van der Waals surface area contributed by atoms with Gasteiger partial charge in [-0.3, -0.25) is 4.79 Å². The summed E-state index contributed by atoms with van der Waals surface area (Å²) in [5.74, 6) is -2.68. The highest BCUT2D eigenvalue weighted by atomic mass is 79.9. The van der Waals surface area contributed by atoms with E-state index < -0.39 is 5.92 Å². The van der Waals surface area contributed by atoms with Gasteiger partial charge in [0.25, 0.3) is 5.92 Å². The third-order valence-corrected chi connectivity index (χ3v) is 3.64. The van der Waals surface area contributed by atoms with Gasteiger partial charge in [-0.1, -0.05) is 28.1 Å². The average molecular weight is 318 g/mol. The van der Waals surface area contributed by atoms with Crippen molar-refractivity contribution < 1.29 is 13.6 Å². The lowest BCUT2D eigenvalue weighted by Crippen LogP contribution is -2.43. The summed E-state index contributed by atoms with van der Waals surface area (Å²) in [7, 11) is 0. The highest BCUT2D eigenvalue weighted by Crippen LogP contribution is 2.27. The number of alkyl halides is 2. The third kappa shape index (κ3) is 3.51. The molecule has 1 aliphatic heterocycles. The molecule has 1 amide bonds. The minimum absolute atomic E-state index is 0.0761. The Morgan fingerprint density at radius 3 is 2.33 bits per heavy atom. The Labute approximate surface area is 113 Å². The van der Waals surface area contributed by atoms with Crippen molar-refractivity contribution in [3.63, 3.8) is 0 Å². The average Bonchev–Trinajstić information content (AvgIpc) is 2.32. The summed E-state index contributed by atoms with van der Waals surface area (Å²) >= 11 is 3.32. The molecule has 1 aliphatic rings. The summed E-state index contributed by atoms with van der Waals surface area (Å²) in [6.45, 7) is 0.310. The fourth-order valence-electron chi connectivity index (χ4n) is 1.97. The van der Waals surface area contributed by atoms with Gasteiger partial charge in [0.1, 0.15) is 0 Å². The van der Waals surface area contributed by atoms with Crippen molar-refractivity contribution in [2.75, 3.05) is 13.1 Å². The van der Waals surface area contributed by atoms with Crippen LogP contribution in [0.25, 0.3) is 0 Å². The Morgan fingerprint density at radius 2 is 1.78 bits per heavy atom. The molecule has 0 spiro atoms. The SMILES string of the molecule is O=C(Cc1ccc(Br)cc1)N1CCC(F)(F)CC1. The van der Waals surface area contributed by atoms with Gasteiger partial charge in [0.2, 0.25) is 5.91 Å². The van der Waals surface area contributed by atoms with Crippen LogP contribution in [0, 0.1) is 0 Å².